The minimum Gasteiger partial charge on any atom is -0.317 e. The lowest BCUT2D eigenvalue weighted by Crippen LogP contribution is -2.30. The van der Waals surface area contributed by atoms with Crippen molar-refractivity contribution in [3.8, 4) is 0 Å². The van der Waals surface area contributed by atoms with Crippen molar-refractivity contribution in [1.82, 2.24) is 9.55 Å². The first-order chi connectivity index (χ1) is 11.1. The Bertz CT molecular complexity index is 917. The van der Waals surface area contributed by atoms with E-state index in [9.17, 15) is 9.59 Å². The number of imide groups is 1. The molecule has 0 saturated carbocycles. The topological polar surface area (TPSA) is 55.2 Å². The van der Waals surface area contributed by atoms with E-state index in [2.05, 4.69) is 4.98 Å². The largest absolute Gasteiger partial charge is 0.317 e. The Labute approximate surface area is 137 Å². The Morgan fingerprint density at radius 1 is 1.04 bits per heavy atom. The van der Waals surface area contributed by atoms with E-state index >= 15 is 0 Å². The number of imidazole rings is 1. The van der Waals surface area contributed by atoms with E-state index < -0.39 is 6.04 Å². The van der Waals surface area contributed by atoms with Crippen LogP contribution in [0.3, 0.4) is 0 Å². The summed E-state index contributed by atoms with van der Waals surface area (Å²) in [6, 6.07) is 13.7. The number of benzene rings is 2. The summed E-state index contributed by atoms with van der Waals surface area (Å²) in [6.07, 6.45) is 1.74. The summed E-state index contributed by atoms with van der Waals surface area (Å²) in [5.74, 6) is -0.472. The molecule has 0 bridgehead atoms. The highest BCUT2D eigenvalue weighted by atomic mass is 35.5. The van der Waals surface area contributed by atoms with Crippen LogP contribution in [-0.4, -0.2) is 21.4 Å². The molecular weight excluding hydrogens is 314 g/mol. The van der Waals surface area contributed by atoms with Crippen molar-refractivity contribution in [3.05, 3.63) is 59.9 Å². The van der Waals surface area contributed by atoms with Crippen LogP contribution in [0.1, 0.15) is 12.5 Å². The molecule has 1 saturated heterocycles. The zero-order valence-corrected chi connectivity index (χ0v) is 12.8. The molecular formula is C17H12ClN3O2. The smallest absolute Gasteiger partial charge is 0.257 e. The van der Waals surface area contributed by atoms with Crippen molar-refractivity contribution in [2.45, 2.75) is 12.5 Å². The maximum Gasteiger partial charge on any atom is 0.257 e. The highest BCUT2D eigenvalue weighted by Gasteiger charge is 2.41. The first-order valence-corrected chi connectivity index (χ1v) is 7.57. The number of hydrogen-bond donors (Lipinski definition) is 0. The van der Waals surface area contributed by atoms with Gasteiger partial charge in [0.1, 0.15) is 6.04 Å². The number of carbonyl (C=O) groups is 2. The van der Waals surface area contributed by atoms with Crippen LogP contribution >= 0.6 is 11.6 Å². The number of hydrogen-bond acceptors (Lipinski definition) is 3. The second kappa shape index (κ2) is 5.21. The molecule has 1 unspecified atom stereocenters. The highest BCUT2D eigenvalue weighted by molar-refractivity contribution is 6.30. The standard InChI is InChI=1S/C17H12ClN3O2/c18-11-5-7-12(8-6-11)21-16(22)9-15(17(21)23)20-10-19-13-3-1-2-4-14(13)20/h1-8,10,15H,9H2. The third-order valence-electron chi connectivity index (χ3n) is 4.02. The number of halogens is 1. The lowest BCUT2D eigenvalue weighted by molar-refractivity contribution is -0.122. The third-order valence-corrected chi connectivity index (χ3v) is 4.28. The summed E-state index contributed by atoms with van der Waals surface area (Å²) in [7, 11) is 0. The fourth-order valence-corrected chi connectivity index (χ4v) is 3.05. The highest BCUT2D eigenvalue weighted by Crippen LogP contribution is 2.32. The van der Waals surface area contributed by atoms with Crippen molar-refractivity contribution < 1.29 is 9.59 Å². The lowest BCUT2D eigenvalue weighted by Gasteiger charge is -2.15. The molecule has 23 heavy (non-hydrogen) atoms. The van der Waals surface area contributed by atoms with Gasteiger partial charge in [-0.3, -0.25) is 9.59 Å². The summed E-state index contributed by atoms with van der Waals surface area (Å²) in [4.78, 5) is 30.6. The Morgan fingerprint density at radius 2 is 1.78 bits per heavy atom. The van der Waals surface area contributed by atoms with E-state index in [1.54, 1.807) is 35.2 Å². The van der Waals surface area contributed by atoms with Gasteiger partial charge in [0.25, 0.3) is 5.91 Å². The van der Waals surface area contributed by atoms with Gasteiger partial charge in [0.05, 0.1) is 29.5 Å². The van der Waals surface area contributed by atoms with Crippen molar-refractivity contribution in [2.24, 2.45) is 0 Å². The van der Waals surface area contributed by atoms with Crippen molar-refractivity contribution in [3.63, 3.8) is 0 Å². The summed E-state index contributed by atoms with van der Waals surface area (Å²) in [6.45, 7) is 0. The van der Waals surface area contributed by atoms with Gasteiger partial charge in [0.2, 0.25) is 5.91 Å². The normalized spacial score (nSPS) is 18.1. The van der Waals surface area contributed by atoms with Gasteiger partial charge in [-0.15, -0.1) is 0 Å². The van der Waals surface area contributed by atoms with Crippen LogP contribution < -0.4 is 4.90 Å². The molecule has 0 spiro atoms. The molecule has 5 nitrogen and oxygen atoms in total. The molecule has 1 aromatic heterocycles. The van der Waals surface area contributed by atoms with Gasteiger partial charge in [-0.25, -0.2) is 9.88 Å². The summed E-state index contributed by atoms with van der Waals surface area (Å²) in [5, 5.41) is 0.560. The van der Waals surface area contributed by atoms with Crippen LogP contribution in [0.25, 0.3) is 11.0 Å². The van der Waals surface area contributed by atoms with Gasteiger partial charge in [0.15, 0.2) is 0 Å². The fourth-order valence-electron chi connectivity index (χ4n) is 2.92. The monoisotopic (exact) mass is 325 g/mol. The average Bonchev–Trinajstić information content (AvgIpc) is 3.10. The van der Waals surface area contributed by atoms with Crippen LogP contribution in [-0.2, 0) is 9.59 Å². The number of aromatic nitrogens is 2. The molecule has 3 aromatic rings. The zero-order valence-electron chi connectivity index (χ0n) is 12.0. The quantitative estimate of drug-likeness (QED) is 0.680. The molecule has 4 rings (SSSR count). The third kappa shape index (κ3) is 2.21. The van der Waals surface area contributed by atoms with Crippen molar-refractivity contribution in [1.29, 1.82) is 0 Å². The van der Waals surface area contributed by atoms with Crippen molar-refractivity contribution >= 4 is 40.1 Å². The van der Waals surface area contributed by atoms with Crippen LogP contribution in [0.15, 0.2) is 54.9 Å². The Morgan fingerprint density at radius 3 is 2.57 bits per heavy atom. The summed E-state index contributed by atoms with van der Waals surface area (Å²) in [5.41, 5.74) is 2.19. The molecule has 0 N–H and O–H groups in total. The van der Waals surface area contributed by atoms with Gasteiger partial charge in [-0.1, -0.05) is 23.7 Å². The zero-order chi connectivity index (χ0) is 16.0. The lowest BCUT2D eigenvalue weighted by atomic mass is 10.2. The molecule has 2 aromatic carbocycles. The molecule has 6 heteroatoms. The van der Waals surface area contributed by atoms with Crippen LogP contribution in [0, 0.1) is 0 Å². The fraction of sp³-hybridized carbons (Fsp3) is 0.118. The van der Waals surface area contributed by atoms with Crippen LogP contribution in [0.4, 0.5) is 5.69 Å². The minimum absolute atomic E-state index is 0.127. The number of fused-ring (bicyclic) bond motifs is 1. The van der Waals surface area contributed by atoms with E-state index in [0.717, 1.165) is 11.0 Å². The Kier molecular flexibility index (Phi) is 3.16. The Balaban J connectivity index is 1.74. The van der Waals surface area contributed by atoms with Gasteiger partial charge in [-0.2, -0.15) is 0 Å². The molecule has 1 aliphatic heterocycles. The van der Waals surface area contributed by atoms with Gasteiger partial charge >= 0.3 is 0 Å². The van der Waals surface area contributed by atoms with Gasteiger partial charge in [-0.05, 0) is 36.4 Å². The second-order valence-electron chi connectivity index (χ2n) is 5.40. The second-order valence-corrected chi connectivity index (χ2v) is 5.84. The van der Waals surface area contributed by atoms with E-state index in [1.165, 1.54) is 4.90 Å². The summed E-state index contributed by atoms with van der Waals surface area (Å²) >= 11 is 5.87. The number of rotatable bonds is 2. The number of amides is 2. The molecule has 1 atom stereocenters. The average molecular weight is 326 g/mol. The Hall–Kier alpha value is -2.66. The molecule has 1 fully saturated rings. The molecule has 0 aliphatic carbocycles. The first kappa shape index (κ1) is 14.0. The maximum absolute atomic E-state index is 12.8. The van der Waals surface area contributed by atoms with Gasteiger partial charge in [0, 0.05) is 5.02 Å². The predicted octanol–water partition coefficient (Wildman–Crippen LogP) is 3.19. The minimum atomic E-state index is -0.564. The SMILES string of the molecule is O=C1CC(n2cnc3ccccc32)C(=O)N1c1ccc(Cl)cc1. The van der Waals surface area contributed by atoms with Crippen LogP contribution in [0.2, 0.25) is 5.02 Å². The first-order valence-electron chi connectivity index (χ1n) is 7.19. The van der Waals surface area contributed by atoms with E-state index in [1.807, 2.05) is 24.3 Å². The van der Waals surface area contributed by atoms with E-state index in [-0.39, 0.29) is 18.2 Å². The van der Waals surface area contributed by atoms with Gasteiger partial charge < -0.3 is 4.57 Å². The molecule has 2 amide bonds. The molecule has 114 valence electrons. The number of anilines is 1. The summed E-state index contributed by atoms with van der Waals surface area (Å²) < 4.78 is 1.77. The predicted molar refractivity (Wildman–Crippen MR) is 87.3 cm³/mol. The van der Waals surface area contributed by atoms with Crippen molar-refractivity contribution in [2.75, 3.05) is 4.90 Å². The molecule has 2 heterocycles. The van der Waals surface area contributed by atoms with Crippen LogP contribution in [0.5, 0.6) is 0 Å². The molecule has 1 aliphatic rings. The molecule has 0 radical (unpaired) electrons. The number of carbonyl (C=O) groups excluding carboxylic acids is 2. The maximum atomic E-state index is 12.8. The van der Waals surface area contributed by atoms with E-state index in [4.69, 9.17) is 11.6 Å². The number of nitrogens with zero attached hydrogens (tertiary/aromatic N) is 3. The number of para-hydroxylation sites is 2. The van der Waals surface area contributed by atoms with E-state index in [0.29, 0.717) is 10.7 Å².